The number of Topliss-reactive ketones (excluding diaryl/α,β-unsaturated/α-hetero) is 1. The molecule has 64 valence electrons. The van der Waals surface area contributed by atoms with Crippen molar-refractivity contribution in [2.45, 2.75) is 32.0 Å². The molecule has 0 aromatic carbocycles. The van der Waals surface area contributed by atoms with E-state index < -0.39 is 6.29 Å². The summed E-state index contributed by atoms with van der Waals surface area (Å²) >= 11 is 0. The molecule has 1 aliphatic carbocycles. The highest BCUT2D eigenvalue weighted by molar-refractivity contribution is 5.79. The van der Waals surface area contributed by atoms with Crippen LogP contribution in [0.5, 0.6) is 0 Å². The maximum atomic E-state index is 10.8. The Bertz CT molecular complexity index is 134. The van der Waals surface area contributed by atoms with Crippen molar-refractivity contribution >= 4 is 5.78 Å². The molecule has 0 aromatic rings. The maximum absolute atomic E-state index is 10.8. The number of ether oxygens (including phenoxy) is 1. The predicted octanol–water partition coefficient (Wildman–Crippen LogP) is 0.710. The van der Waals surface area contributed by atoms with Crippen LogP contribution in [0.4, 0.5) is 0 Å². The average Bonchev–Trinajstić information content (AvgIpc) is 2.05. The lowest BCUT2D eigenvalue weighted by atomic mass is 9.88. The molecule has 0 bridgehead atoms. The van der Waals surface area contributed by atoms with Crippen LogP contribution in [0.15, 0.2) is 0 Å². The van der Waals surface area contributed by atoms with Gasteiger partial charge in [0.2, 0.25) is 0 Å². The molecule has 0 amide bonds. The standard InChI is InChI=1S/C8H14O3/c1-11-8(10)6-2-4-7(9)5-3-6/h6,8,10H,2-5H2,1H3. The van der Waals surface area contributed by atoms with E-state index in [0.29, 0.717) is 18.6 Å². The number of hydrogen-bond donors (Lipinski definition) is 1. The Morgan fingerprint density at radius 1 is 1.55 bits per heavy atom. The molecule has 11 heavy (non-hydrogen) atoms. The molecule has 0 spiro atoms. The molecule has 1 rings (SSSR count). The van der Waals surface area contributed by atoms with Gasteiger partial charge in [-0.15, -0.1) is 0 Å². The monoisotopic (exact) mass is 158 g/mol. The maximum Gasteiger partial charge on any atom is 0.156 e. The molecule has 0 radical (unpaired) electrons. The van der Waals surface area contributed by atoms with Gasteiger partial charge in [0.1, 0.15) is 5.78 Å². The summed E-state index contributed by atoms with van der Waals surface area (Å²) in [6, 6.07) is 0. The first-order valence-electron chi connectivity index (χ1n) is 3.96. The molecule has 1 N–H and O–H groups in total. The van der Waals surface area contributed by atoms with Crippen molar-refractivity contribution in [3.8, 4) is 0 Å². The molecule has 0 saturated heterocycles. The number of carbonyl (C=O) groups is 1. The Balaban J connectivity index is 2.32. The Kier molecular flexibility index (Phi) is 3.02. The summed E-state index contributed by atoms with van der Waals surface area (Å²) in [5, 5.41) is 9.24. The lowest BCUT2D eigenvalue weighted by Crippen LogP contribution is -2.26. The van der Waals surface area contributed by atoms with Crippen molar-refractivity contribution in [3.63, 3.8) is 0 Å². The molecule has 3 nitrogen and oxygen atoms in total. The lowest BCUT2D eigenvalue weighted by molar-refractivity contribution is -0.134. The summed E-state index contributed by atoms with van der Waals surface area (Å²) in [6.45, 7) is 0. The van der Waals surface area contributed by atoms with Crippen LogP contribution in [0.2, 0.25) is 0 Å². The lowest BCUT2D eigenvalue weighted by Gasteiger charge is -2.24. The predicted molar refractivity (Wildman–Crippen MR) is 40.0 cm³/mol. The van der Waals surface area contributed by atoms with Crippen molar-refractivity contribution in [2.75, 3.05) is 7.11 Å². The fourth-order valence-corrected chi connectivity index (χ4v) is 1.44. The summed E-state index contributed by atoms with van der Waals surface area (Å²) in [5.41, 5.74) is 0. The van der Waals surface area contributed by atoms with E-state index in [1.54, 1.807) is 0 Å². The van der Waals surface area contributed by atoms with Crippen LogP contribution >= 0.6 is 0 Å². The second-order valence-electron chi connectivity index (χ2n) is 3.00. The van der Waals surface area contributed by atoms with Crippen LogP contribution in [0.25, 0.3) is 0 Å². The van der Waals surface area contributed by atoms with Crippen LogP contribution in [0.3, 0.4) is 0 Å². The van der Waals surface area contributed by atoms with Crippen molar-refractivity contribution in [2.24, 2.45) is 5.92 Å². The molecule has 0 aliphatic heterocycles. The van der Waals surface area contributed by atoms with Gasteiger partial charge >= 0.3 is 0 Å². The molecular weight excluding hydrogens is 144 g/mol. The summed E-state index contributed by atoms with van der Waals surface area (Å²) in [6.07, 6.45) is 2.07. The van der Waals surface area contributed by atoms with Crippen molar-refractivity contribution in [1.82, 2.24) is 0 Å². The van der Waals surface area contributed by atoms with Crippen LogP contribution in [-0.2, 0) is 9.53 Å². The van der Waals surface area contributed by atoms with E-state index in [9.17, 15) is 9.90 Å². The average molecular weight is 158 g/mol. The van der Waals surface area contributed by atoms with Crippen molar-refractivity contribution < 1.29 is 14.6 Å². The van der Waals surface area contributed by atoms with Crippen molar-refractivity contribution in [3.05, 3.63) is 0 Å². The summed E-state index contributed by atoms with van der Waals surface area (Å²) in [7, 11) is 1.49. The minimum atomic E-state index is -0.678. The third-order valence-corrected chi connectivity index (χ3v) is 2.23. The fraction of sp³-hybridized carbons (Fsp3) is 0.875. The third kappa shape index (κ3) is 2.27. The smallest absolute Gasteiger partial charge is 0.156 e. The number of aliphatic hydroxyl groups is 1. The first-order chi connectivity index (χ1) is 5.24. The highest BCUT2D eigenvalue weighted by atomic mass is 16.6. The van der Waals surface area contributed by atoms with Gasteiger partial charge < -0.3 is 9.84 Å². The van der Waals surface area contributed by atoms with E-state index in [1.807, 2.05) is 0 Å². The zero-order valence-electron chi connectivity index (χ0n) is 6.75. The first kappa shape index (κ1) is 8.68. The van der Waals surface area contributed by atoms with E-state index >= 15 is 0 Å². The van der Waals surface area contributed by atoms with Crippen LogP contribution < -0.4 is 0 Å². The van der Waals surface area contributed by atoms with E-state index in [-0.39, 0.29) is 5.92 Å². The zero-order chi connectivity index (χ0) is 8.27. The second kappa shape index (κ2) is 3.83. The number of methoxy groups -OCH3 is 1. The SMILES string of the molecule is COC(O)C1CCC(=O)CC1. The molecule has 3 heteroatoms. The number of carbonyl (C=O) groups excluding carboxylic acids is 1. The summed E-state index contributed by atoms with van der Waals surface area (Å²) < 4.78 is 4.77. The number of ketones is 1. The Labute approximate surface area is 66.4 Å². The fourth-order valence-electron chi connectivity index (χ4n) is 1.44. The van der Waals surface area contributed by atoms with Gasteiger partial charge in [0.25, 0.3) is 0 Å². The Hall–Kier alpha value is -0.410. The largest absolute Gasteiger partial charge is 0.368 e. The molecule has 0 heterocycles. The molecular formula is C8H14O3. The minimum Gasteiger partial charge on any atom is -0.368 e. The van der Waals surface area contributed by atoms with E-state index in [1.165, 1.54) is 7.11 Å². The Morgan fingerprint density at radius 3 is 2.55 bits per heavy atom. The molecule has 1 unspecified atom stereocenters. The molecule has 0 aromatic heterocycles. The summed E-state index contributed by atoms with van der Waals surface area (Å²) in [5.74, 6) is 0.474. The van der Waals surface area contributed by atoms with Gasteiger partial charge in [-0.05, 0) is 12.8 Å². The van der Waals surface area contributed by atoms with Crippen molar-refractivity contribution in [1.29, 1.82) is 0 Å². The Morgan fingerprint density at radius 2 is 2.09 bits per heavy atom. The quantitative estimate of drug-likeness (QED) is 0.602. The van der Waals surface area contributed by atoms with E-state index in [0.717, 1.165) is 12.8 Å². The molecule has 1 atom stereocenters. The van der Waals surface area contributed by atoms with E-state index in [4.69, 9.17) is 4.74 Å². The van der Waals surface area contributed by atoms with Crippen LogP contribution in [0.1, 0.15) is 25.7 Å². The van der Waals surface area contributed by atoms with Gasteiger partial charge in [-0.1, -0.05) is 0 Å². The zero-order valence-corrected chi connectivity index (χ0v) is 6.75. The van der Waals surface area contributed by atoms with E-state index in [2.05, 4.69) is 0 Å². The van der Waals surface area contributed by atoms with Gasteiger partial charge in [0.15, 0.2) is 6.29 Å². The second-order valence-corrected chi connectivity index (χ2v) is 3.00. The minimum absolute atomic E-state index is 0.165. The molecule has 1 aliphatic rings. The highest BCUT2D eigenvalue weighted by Crippen LogP contribution is 2.24. The number of rotatable bonds is 2. The molecule has 1 fully saturated rings. The summed E-state index contributed by atoms with van der Waals surface area (Å²) in [4.78, 5) is 10.8. The van der Waals surface area contributed by atoms with Gasteiger partial charge in [0.05, 0.1) is 0 Å². The van der Waals surface area contributed by atoms with Crippen LogP contribution in [-0.4, -0.2) is 24.3 Å². The van der Waals surface area contributed by atoms with Gasteiger partial charge in [-0.2, -0.15) is 0 Å². The van der Waals surface area contributed by atoms with Gasteiger partial charge in [0, 0.05) is 25.9 Å². The number of hydrogen-bond acceptors (Lipinski definition) is 3. The molecule has 1 saturated carbocycles. The first-order valence-corrected chi connectivity index (χ1v) is 3.96. The third-order valence-electron chi connectivity index (χ3n) is 2.23. The number of aliphatic hydroxyl groups excluding tert-OH is 1. The van der Waals surface area contributed by atoms with Gasteiger partial charge in [-0.25, -0.2) is 0 Å². The normalized spacial score (nSPS) is 23.6. The van der Waals surface area contributed by atoms with Crippen LogP contribution in [0, 0.1) is 5.92 Å². The highest BCUT2D eigenvalue weighted by Gasteiger charge is 2.24. The topological polar surface area (TPSA) is 46.5 Å². The van der Waals surface area contributed by atoms with Gasteiger partial charge in [-0.3, -0.25) is 4.79 Å².